The van der Waals surface area contributed by atoms with E-state index in [1.807, 2.05) is 6.92 Å². The first-order valence-electron chi connectivity index (χ1n) is 3.48. The minimum Gasteiger partial charge on any atom is -0.326 e. The fourth-order valence-corrected chi connectivity index (χ4v) is 0.950. The number of aryl methyl sites for hydroxylation is 1. The molecule has 1 aromatic rings. The van der Waals surface area contributed by atoms with Crippen molar-refractivity contribution in [2.45, 2.75) is 19.9 Å². The van der Waals surface area contributed by atoms with Gasteiger partial charge < -0.3 is 5.73 Å². The van der Waals surface area contributed by atoms with Gasteiger partial charge in [-0.3, -0.25) is 0 Å². The summed E-state index contributed by atoms with van der Waals surface area (Å²) >= 11 is 5.78. The van der Waals surface area contributed by atoms with Crippen molar-refractivity contribution in [3.8, 4) is 0 Å². The Morgan fingerprint density at radius 3 is 2.82 bits per heavy atom. The summed E-state index contributed by atoms with van der Waals surface area (Å²) in [4.78, 5) is 8.09. The molecule has 0 bridgehead atoms. The molecule has 60 valence electrons. The lowest BCUT2D eigenvalue weighted by Gasteiger charge is -2.00. The van der Waals surface area contributed by atoms with E-state index in [1.54, 1.807) is 6.20 Å². The first-order chi connectivity index (χ1) is 5.27. The summed E-state index contributed by atoms with van der Waals surface area (Å²) in [6.07, 6.45) is 2.47. The Hall–Kier alpha value is -0.670. The molecule has 1 heterocycles. The standard InChI is InChI=1S/C7H10ClN3/c1-2-6-10-4-5(3-9)7(8)11-6/h4H,2-3,9H2,1H3. The normalized spacial score (nSPS) is 10.1. The number of nitrogens with zero attached hydrogens (tertiary/aromatic N) is 2. The fraction of sp³-hybridized carbons (Fsp3) is 0.429. The minimum atomic E-state index is 0.392. The SMILES string of the molecule is CCc1ncc(CN)c(Cl)n1. The molecule has 0 radical (unpaired) electrons. The van der Waals surface area contributed by atoms with E-state index >= 15 is 0 Å². The van der Waals surface area contributed by atoms with Crippen LogP contribution in [0.5, 0.6) is 0 Å². The molecule has 0 spiro atoms. The lowest BCUT2D eigenvalue weighted by atomic mass is 10.3. The van der Waals surface area contributed by atoms with E-state index in [2.05, 4.69) is 9.97 Å². The molecule has 11 heavy (non-hydrogen) atoms. The van der Waals surface area contributed by atoms with Crippen molar-refractivity contribution in [3.63, 3.8) is 0 Å². The lowest BCUT2D eigenvalue weighted by Crippen LogP contribution is -2.02. The second-order valence-electron chi connectivity index (χ2n) is 2.16. The van der Waals surface area contributed by atoms with Crippen LogP contribution < -0.4 is 5.73 Å². The zero-order valence-electron chi connectivity index (χ0n) is 6.34. The molecule has 0 aliphatic heterocycles. The molecule has 0 saturated heterocycles. The highest BCUT2D eigenvalue weighted by atomic mass is 35.5. The number of hydrogen-bond donors (Lipinski definition) is 1. The maximum absolute atomic E-state index is 5.78. The van der Waals surface area contributed by atoms with Gasteiger partial charge in [-0.1, -0.05) is 18.5 Å². The molecule has 0 aliphatic rings. The van der Waals surface area contributed by atoms with E-state index in [-0.39, 0.29) is 0 Å². The summed E-state index contributed by atoms with van der Waals surface area (Å²) in [6.45, 7) is 2.37. The molecule has 4 heteroatoms. The molecule has 3 nitrogen and oxygen atoms in total. The van der Waals surface area contributed by atoms with E-state index < -0.39 is 0 Å². The van der Waals surface area contributed by atoms with Crippen LogP contribution in [-0.4, -0.2) is 9.97 Å². The molecule has 2 N–H and O–H groups in total. The molecule has 0 aliphatic carbocycles. The lowest BCUT2D eigenvalue weighted by molar-refractivity contribution is 0.907. The summed E-state index contributed by atoms with van der Waals surface area (Å²) in [5, 5.41) is 0.472. The van der Waals surface area contributed by atoms with Gasteiger partial charge in [-0.05, 0) is 0 Å². The third-order valence-corrected chi connectivity index (χ3v) is 1.72. The van der Waals surface area contributed by atoms with Gasteiger partial charge in [0.15, 0.2) is 0 Å². The van der Waals surface area contributed by atoms with E-state index in [1.165, 1.54) is 0 Å². The van der Waals surface area contributed by atoms with Crippen molar-refractivity contribution in [3.05, 3.63) is 22.7 Å². The van der Waals surface area contributed by atoms with Gasteiger partial charge in [-0.2, -0.15) is 0 Å². The number of nitrogens with two attached hydrogens (primary N) is 1. The smallest absolute Gasteiger partial charge is 0.137 e. The number of hydrogen-bond acceptors (Lipinski definition) is 3. The van der Waals surface area contributed by atoms with Crippen LogP contribution in [0.1, 0.15) is 18.3 Å². The Bertz CT molecular complexity index is 249. The number of halogens is 1. The van der Waals surface area contributed by atoms with Crippen LogP contribution in [0.3, 0.4) is 0 Å². The van der Waals surface area contributed by atoms with Gasteiger partial charge >= 0.3 is 0 Å². The van der Waals surface area contributed by atoms with Gasteiger partial charge in [0.25, 0.3) is 0 Å². The predicted octanol–water partition coefficient (Wildman–Crippen LogP) is 1.15. The van der Waals surface area contributed by atoms with E-state index in [4.69, 9.17) is 17.3 Å². The van der Waals surface area contributed by atoms with Gasteiger partial charge in [0.1, 0.15) is 11.0 Å². The van der Waals surface area contributed by atoms with Crippen molar-refractivity contribution in [1.82, 2.24) is 9.97 Å². The summed E-state index contributed by atoms with van der Waals surface area (Å²) in [5.41, 5.74) is 6.17. The largest absolute Gasteiger partial charge is 0.326 e. The average molecular weight is 172 g/mol. The van der Waals surface area contributed by atoms with Crippen molar-refractivity contribution < 1.29 is 0 Å². The van der Waals surface area contributed by atoms with Crippen LogP contribution in [-0.2, 0) is 13.0 Å². The Balaban J connectivity index is 2.99. The maximum Gasteiger partial charge on any atom is 0.137 e. The first-order valence-corrected chi connectivity index (χ1v) is 3.86. The predicted molar refractivity (Wildman–Crippen MR) is 44.3 cm³/mol. The van der Waals surface area contributed by atoms with Crippen LogP contribution >= 0.6 is 11.6 Å². The Kier molecular flexibility index (Phi) is 2.79. The molecule has 1 rings (SSSR count). The van der Waals surface area contributed by atoms with Crippen molar-refractivity contribution in [2.75, 3.05) is 0 Å². The van der Waals surface area contributed by atoms with Crippen LogP contribution in [0.4, 0.5) is 0 Å². The molecule has 1 aromatic heterocycles. The van der Waals surface area contributed by atoms with Gasteiger partial charge in [0, 0.05) is 24.7 Å². The van der Waals surface area contributed by atoms with Gasteiger partial charge in [-0.25, -0.2) is 9.97 Å². The third-order valence-electron chi connectivity index (χ3n) is 1.40. The highest BCUT2D eigenvalue weighted by Crippen LogP contribution is 2.10. The summed E-state index contributed by atoms with van der Waals surface area (Å²) in [7, 11) is 0. The molecule has 0 unspecified atom stereocenters. The second-order valence-corrected chi connectivity index (χ2v) is 2.52. The van der Waals surface area contributed by atoms with Gasteiger partial charge in [0.2, 0.25) is 0 Å². The van der Waals surface area contributed by atoms with Gasteiger partial charge in [0.05, 0.1) is 0 Å². The van der Waals surface area contributed by atoms with E-state index in [0.717, 1.165) is 17.8 Å². The maximum atomic E-state index is 5.78. The monoisotopic (exact) mass is 171 g/mol. The molecule has 0 fully saturated rings. The quantitative estimate of drug-likeness (QED) is 0.680. The Morgan fingerprint density at radius 1 is 1.64 bits per heavy atom. The van der Waals surface area contributed by atoms with Crippen LogP contribution in [0, 0.1) is 0 Å². The van der Waals surface area contributed by atoms with Crippen molar-refractivity contribution in [1.29, 1.82) is 0 Å². The first kappa shape index (κ1) is 8.43. The molecular weight excluding hydrogens is 162 g/mol. The molecule has 0 amide bonds. The highest BCUT2D eigenvalue weighted by molar-refractivity contribution is 6.30. The second kappa shape index (κ2) is 3.64. The summed E-state index contributed by atoms with van der Waals surface area (Å²) in [5.74, 6) is 0.757. The van der Waals surface area contributed by atoms with Crippen molar-refractivity contribution >= 4 is 11.6 Å². The molecule has 0 aromatic carbocycles. The Morgan fingerprint density at radius 2 is 2.36 bits per heavy atom. The zero-order chi connectivity index (χ0) is 8.27. The molecular formula is C7H10ClN3. The average Bonchev–Trinajstić information content (AvgIpc) is 2.04. The van der Waals surface area contributed by atoms with Crippen LogP contribution in [0.15, 0.2) is 6.20 Å². The van der Waals surface area contributed by atoms with Gasteiger partial charge in [-0.15, -0.1) is 0 Å². The van der Waals surface area contributed by atoms with Crippen molar-refractivity contribution in [2.24, 2.45) is 5.73 Å². The van der Waals surface area contributed by atoms with E-state index in [0.29, 0.717) is 11.7 Å². The molecule has 0 saturated carbocycles. The highest BCUT2D eigenvalue weighted by Gasteiger charge is 2.00. The Labute approximate surface area is 70.6 Å². The van der Waals surface area contributed by atoms with E-state index in [9.17, 15) is 0 Å². The topological polar surface area (TPSA) is 51.8 Å². The zero-order valence-corrected chi connectivity index (χ0v) is 7.10. The summed E-state index contributed by atoms with van der Waals surface area (Å²) in [6, 6.07) is 0. The minimum absolute atomic E-state index is 0.392. The van der Waals surface area contributed by atoms with Crippen LogP contribution in [0.25, 0.3) is 0 Å². The number of aromatic nitrogens is 2. The number of rotatable bonds is 2. The summed E-state index contributed by atoms with van der Waals surface area (Å²) < 4.78 is 0. The van der Waals surface area contributed by atoms with Crippen LogP contribution in [0.2, 0.25) is 5.15 Å². The fourth-order valence-electron chi connectivity index (χ4n) is 0.727. The molecule has 0 atom stereocenters. The third kappa shape index (κ3) is 1.88.